The summed E-state index contributed by atoms with van der Waals surface area (Å²) >= 11 is 13.8. The lowest BCUT2D eigenvalue weighted by Gasteiger charge is -2.15. The zero-order valence-electron chi connectivity index (χ0n) is 9.62. The number of nitrogens with zero attached hydrogens (tertiary/aromatic N) is 1. The molecule has 0 bridgehead atoms. The van der Waals surface area contributed by atoms with Crippen LogP contribution < -0.4 is 5.73 Å². The summed E-state index contributed by atoms with van der Waals surface area (Å²) in [6.45, 7) is 0. The van der Waals surface area contributed by atoms with Crippen LogP contribution in [-0.4, -0.2) is 4.98 Å². The van der Waals surface area contributed by atoms with Gasteiger partial charge in [0, 0.05) is 21.5 Å². The highest BCUT2D eigenvalue weighted by Gasteiger charge is 2.22. The quantitative estimate of drug-likeness (QED) is 0.844. The third-order valence-corrected chi connectivity index (χ3v) is 4.87. The van der Waals surface area contributed by atoms with Crippen LogP contribution in [0, 0.1) is 0 Å². The minimum absolute atomic E-state index is 0.0739. The number of hydrogen-bond donors (Lipinski definition) is 1. The van der Waals surface area contributed by atoms with E-state index in [1.165, 1.54) is 4.88 Å². The van der Waals surface area contributed by atoms with E-state index in [4.69, 9.17) is 28.9 Å². The van der Waals surface area contributed by atoms with E-state index >= 15 is 0 Å². The molecule has 0 radical (unpaired) electrons. The van der Waals surface area contributed by atoms with Crippen LogP contribution in [0.5, 0.6) is 0 Å². The average Bonchev–Trinajstić information content (AvgIpc) is 2.74. The lowest BCUT2D eigenvalue weighted by atomic mass is 9.99. The Labute approximate surface area is 120 Å². The molecule has 0 spiro atoms. The molecular formula is C13H12Cl2N2S. The van der Waals surface area contributed by atoms with Gasteiger partial charge in [-0.05, 0) is 37.5 Å². The van der Waals surface area contributed by atoms with Crippen molar-refractivity contribution in [3.8, 4) is 10.6 Å². The van der Waals surface area contributed by atoms with Crippen molar-refractivity contribution in [2.24, 2.45) is 5.73 Å². The smallest absolute Gasteiger partial charge is 0.125 e. The largest absolute Gasteiger partial charge is 0.323 e. The van der Waals surface area contributed by atoms with E-state index in [1.54, 1.807) is 17.4 Å². The van der Waals surface area contributed by atoms with Gasteiger partial charge in [-0.15, -0.1) is 11.3 Å². The molecule has 0 fully saturated rings. The van der Waals surface area contributed by atoms with Crippen molar-refractivity contribution in [2.45, 2.75) is 25.3 Å². The van der Waals surface area contributed by atoms with Gasteiger partial charge in [-0.25, -0.2) is 4.98 Å². The number of nitrogens with two attached hydrogens (primary N) is 1. The average molecular weight is 299 g/mol. The van der Waals surface area contributed by atoms with E-state index < -0.39 is 0 Å². The topological polar surface area (TPSA) is 38.9 Å². The van der Waals surface area contributed by atoms with E-state index in [2.05, 4.69) is 4.98 Å². The van der Waals surface area contributed by atoms with E-state index in [0.717, 1.165) is 35.5 Å². The number of rotatable bonds is 1. The zero-order chi connectivity index (χ0) is 12.7. The standard InChI is InChI=1S/C13H12Cl2N2S/c14-7-4-5-8(9(15)6-7)13-17-12-10(16)2-1-3-11(12)18-13/h4-6,10H,1-3,16H2. The van der Waals surface area contributed by atoms with Crippen molar-refractivity contribution in [1.82, 2.24) is 4.98 Å². The van der Waals surface area contributed by atoms with Gasteiger partial charge in [0.25, 0.3) is 0 Å². The Kier molecular flexibility index (Phi) is 3.32. The number of aryl methyl sites for hydroxylation is 1. The van der Waals surface area contributed by atoms with Gasteiger partial charge in [0.05, 0.1) is 10.7 Å². The zero-order valence-corrected chi connectivity index (χ0v) is 11.9. The molecule has 2 N–H and O–H groups in total. The van der Waals surface area contributed by atoms with Crippen LogP contribution in [0.1, 0.15) is 29.5 Å². The number of thiazole rings is 1. The normalized spacial score (nSPS) is 18.7. The van der Waals surface area contributed by atoms with Crippen LogP contribution in [0.2, 0.25) is 10.0 Å². The maximum absolute atomic E-state index is 6.22. The van der Waals surface area contributed by atoms with E-state index in [0.29, 0.717) is 10.0 Å². The second-order valence-electron chi connectivity index (χ2n) is 4.45. The molecule has 94 valence electrons. The molecule has 0 saturated carbocycles. The van der Waals surface area contributed by atoms with Gasteiger partial charge in [0.1, 0.15) is 5.01 Å². The Hall–Kier alpha value is -0.610. The Morgan fingerprint density at radius 2 is 2.17 bits per heavy atom. The molecule has 0 saturated heterocycles. The van der Waals surface area contributed by atoms with Gasteiger partial charge in [0.2, 0.25) is 0 Å². The van der Waals surface area contributed by atoms with Crippen molar-refractivity contribution >= 4 is 34.5 Å². The number of halogens is 2. The van der Waals surface area contributed by atoms with Crippen LogP contribution >= 0.6 is 34.5 Å². The van der Waals surface area contributed by atoms with Crippen molar-refractivity contribution < 1.29 is 0 Å². The minimum Gasteiger partial charge on any atom is -0.323 e. The van der Waals surface area contributed by atoms with Gasteiger partial charge in [0.15, 0.2) is 0 Å². The van der Waals surface area contributed by atoms with Gasteiger partial charge < -0.3 is 5.73 Å². The molecule has 1 atom stereocenters. The molecule has 0 amide bonds. The maximum Gasteiger partial charge on any atom is 0.125 e. The predicted octanol–water partition coefficient (Wildman–Crippen LogP) is 4.45. The SMILES string of the molecule is NC1CCCc2sc(-c3ccc(Cl)cc3Cl)nc21. The summed E-state index contributed by atoms with van der Waals surface area (Å²) in [6.07, 6.45) is 3.24. The van der Waals surface area contributed by atoms with Crippen LogP contribution in [0.3, 0.4) is 0 Å². The Morgan fingerprint density at radius 1 is 1.33 bits per heavy atom. The Bertz CT molecular complexity index is 595. The first-order chi connectivity index (χ1) is 8.65. The molecule has 18 heavy (non-hydrogen) atoms. The van der Waals surface area contributed by atoms with Crippen LogP contribution in [0.4, 0.5) is 0 Å². The first-order valence-electron chi connectivity index (χ1n) is 5.86. The summed E-state index contributed by atoms with van der Waals surface area (Å²) in [7, 11) is 0. The second-order valence-corrected chi connectivity index (χ2v) is 6.38. The summed E-state index contributed by atoms with van der Waals surface area (Å²) < 4.78 is 0. The summed E-state index contributed by atoms with van der Waals surface area (Å²) in [5.41, 5.74) is 8.08. The summed E-state index contributed by atoms with van der Waals surface area (Å²) in [5.74, 6) is 0. The van der Waals surface area contributed by atoms with Crippen molar-refractivity contribution in [2.75, 3.05) is 0 Å². The molecule has 3 rings (SSSR count). The number of hydrogen-bond acceptors (Lipinski definition) is 3. The van der Waals surface area contributed by atoms with Crippen LogP contribution in [0.15, 0.2) is 18.2 Å². The first-order valence-corrected chi connectivity index (χ1v) is 7.43. The third kappa shape index (κ3) is 2.16. The second kappa shape index (κ2) is 4.82. The maximum atomic E-state index is 6.22. The molecular weight excluding hydrogens is 287 g/mol. The molecule has 1 unspecified atom stereocenters. The Morgan fingerprint density at radius 3 is 2.89 bits per heavy atom. The van der Waals surface area contributed by atoms with Crippen molar-refractivity contribution in [3.63, 3.8) is 0 Å². The fourth-order valence-electron chi connectivity index (χ4n) is 2.23. The Balaban J connectivity index is 2.07. The van der Waals surface area contributed by atoms with Crippen molar-refractivity contribution in [3.05, 3.63) is 38.8 Å². The highest BCUT2D eigenvalue weighted by molar-refractivity contribution is 7.15. The molecule has 1 heterocycles. The van der Waals surface area contributed by atoms with E-state index in [9.17, 15) is 0 Å². The van der Waals surface area contributed by atoms with Gasteiger partial charge in [-0.1, -0.05) is 23.2 Å². The van der Waals surface area contributed by atoms with Crippen LogP contribution in [0.25, 0.3) is 10.6 Å². The van der Waals surface area contributed by atoms with E-state index in [-0.39, 0.29) is 6.04 Å². The summed E-state index contributed by atoms with van der Waals surface area (Å²) in [4.78, 5) is 5.96. The van der Waals surface area contributed by atoms with E-state index in [1.807, 2.05) is 12.1 Å². The lowest BCUT2D eigenvalue weighted by molar-refractivity contribution is 0.564. The monoisotopic (exact) mass is 298 g/mol. The fourth-order valence-corrected chi connectivity index (χ4v) is 4.00. The van der Waals surface area contributed by atoms with Crippen LogP contribution in [-0.2, 0) is 6.42 Å². The highest BCUT2D eigenvalue weighted by Crippen LogP contribution is 2.38. The molecule has 1 aromatic carbocycles. The minimum atomic E-state index is 0.0739. The molecule has 2 nitrogen and oxygen atoms in total. The molecule has 1 aliphatic rings. The highest BCUT2D eigenvalue weighted by atomic mass is 35.5. The first kappa shape index (κ1) is 12.4. The molecule has 2 aromatic rings. The van der Waals surface area contributed by atoms with Gasteiger partial charge in [-0.2, -0.15) is 0 Å². The lowest BCUT2D eigenvalue weighted by Crippen LogP contribution is -2.16. The number of benzene rings is 1. The molecule has 1 aromatic heterocycles. The molecule has 0 aliphatic heterocycles. The summed E-state index contributed by atoms with van der Waals surface area (Å²) in [6, 6.07) is 5.58. The summed E-state index contributed by atoms with van der Waals surface area (Å²) in [5, 5.41) is 2.22. The number of fused-ring (bicyclic) bond motifs is 1. The fraction of sp³-hybridized carbons (Fsp3) is 0.308. The van der Waals surface area contributed by atoms with Crippen molar-refractivity contribution in [1.29, 1.82) is 0 Å². The van der Waals surface area contributed by atoms with Gasteiger partial charge >= 0.3 is 0 Å². The molecule has 5 heteroatoms. The number of aromatic nitrogens is 1. The third-order valence-electron chi connectivity index (χ3n) is 3.16. The van der Waals surface area contributed by atoms with Gasteiger partial charge in [-0.3, -0.25) is 0 Å². The molecule has 1 aliphatic carbocycles. The predicted molar refractivity (Wildman–Crippen MR) is 77.4 cm³/mol.